The molecule has 7 heteroatoms. The molecule has 3 N–H and O–H groups in total. The van der Waals surface area contributed by atoms with Gasteiger partial charge in [0.15, 0.2) is 5.76 Å². The van der Waals surface area contributed by atoms with E-state index in [1.807, 2.05) is 35.9 Å². The number of amides is 1. The van der Waals surface area contributed by atoms with Crippen LogP contribution in [0.1, 0.15) is 29.9 Å². The van der Waals surface area contributed by atoms with Gasteiger partial charge in [-0.05, 0) is 52.9 Å². The molecule has 0 unspecified atom stereocenters. The van der Waals surface area contributed by atoms with Gasteiger partial charge in [0.2, 0.25) is 6.29 Å². The summed E-state index contributed by atoms with van der Waals surface area (Å²) in [6, 6.07) is 10.2. The first kappa shape index (κ1) is 20.7. The number of benzene rings is 1. The SMILES string of the molecule is O=C(NCCc1c[nH]c2ccccc12)C1=C[C@@H](c2ccsc2)C[C@@H](OCCCO)O1. The van der Waals surface area contributed by atoms with E-state index in [0.717, 1.165) is 17.5 Å². The molecule has 3 heterocycles. The lowest BCUT2D eigenvalue weighted by atomic mass is 9.95. The number of nitrogens with one attached hydrogen (secondary N) is 2. The van der Waals surface area contributed by atoms with Crippen molar-refractivity contribution in [1.29, 1.82) is 0 Å². The van der Waals surface area contributed by atoms with E-state index in [2.05, 4.69) is 27.8 Å². The summed E-state index contributed by atoms with van der Waals surface area (Å²) < 4.78 is 11.6. The van der Waals surface area contributed by atoms with Crippen molar-refractivity contribution >= 4 is 28.1 Å². The molecule has 1 amide bonds. The lowest BCUT2D eigenvalue weighted by molar-refractivity contribution is -0.146. The third kappa shape index (κ3) is 4.92. The van der Waals surface area contributed by atoms with Crippen LogP contribution in [0.25, 0.3) is 10.9 Å². The molecule has 30 heavy (non-hydrogen) atoms. The van der Waals surface area contributed by atoms with Crippen LogP contribution in [0.15, 0.2) is 59.1 Å². The highest BCUT2D eigenvalue weighted by Gasteiger charge is 2.28. The Morgan fingerprint density at radius 1 is 1.33 bits per heavy atom. The van der Waals surface area contributed by atoms with Crippen LogP contribution >= 0.6 is 11.3 Å². The Labute approximate surface area is 179 Å². The number of ether oxygens (including phenoxy) is 2. The van der Waals surface area contributed by atoms with Crippen LogP contribution in [0.5, 0.6) is 0 Å². The molecule has 4 rings (SSSR count). The minimum Gasteiger partial charge on any atom is -0.459 e. The van der Waals surface area contributed by atoms with E-state index in [0.29, 0.717) is 31.8 Å². The molecule has 158 valence electrons. The van der Waals surface area contributed by atoms with Gasteiger partial charge >= 0.3 is 0 Å². The fourth-order valence-electron chi connectivity index (χ4n) is 3.65. The maximum Gasteiger partial charge on any atom is 0.286 e. The van der Waals surface area contributed by atoms with Gasteiger partial charge in [0, 0.05) is 42.6 Å². The molecule has 0 aliphatic carbocycles. The van der Waals surface area contributed by atoms with Crippen LogP contribution in [0, 0.1) is 0 Å². The smallest absolute Gasteiger partial charge is 0.286 e. The number of rotatable bonds is 9. The van der Waals surface area contributed by atoms with Gasteiger partial charge in [-0.3, -0.25) is 4.79 Å². The average Bonchev–Trinajstić information content (AvgIpc) is 3.44. The van der Waals surface area contributed by atoms with Gasteiger partial charge in [-0.1, -0.05) is 18.2 Å². The molecule has 0 saturated carbocycles. The highest BCUT2D eigenvalue weighted by molar-refractivity contribution is 7.08. The summed E-state index contributed by atoms with van der Waals surface area (Å²) in [5.41, 5.74) is 3.42. The van der Waals surface area contributed by atoms with E-state index in [-0.39, 0.29) is 18.4 Å². The average molecular weight is 427 g/mol. The zero-order valence-corrected chi connectivity index (χ0v) is 17.5. The first-order valence-electron chi connectivity index (χ1n) is 10.2. The van der Waals surface area contributed by atoms with E-state index in [1.165, 1.54) is 10.9 Å². The predicted molar refractivity (Wildman–Crippen MR) is 117 cm³/mol. The van der Waals surface area contributed by atoms with Crippen LogP contribution in [0.3, 0.4) is 0 Å². The predicted octanol–water partition coefficient (Wildman–Crippen LogP) is 3.70. The zero-order chi connectivity index (χ0) is 20.8. The Balaban J connectivity index is 1.39. The second kappa shape index (κ2) is 9.93. The number of aromatic nitrogens is 1. The summed E-state index contributed by atoms with van der Waals surface area (Å²) in [4.78, 5) is 16.0. The number of aliphatic hydroxyl groups is 1. The number of hydrogen-bond acceptors (Lipinski definition) is 5. The van der Waals surface area contributed by atoms with Gasteiger partial charge in [0.25, 0.3) is 5.91 Å². The van der Waals surface area contributed by atoms with Crippen molar-refractivity contribution in [3.05, 3.63) is 70.3 Å². The Hall–Kier alpha value is -2.61. The van der Waals surface area contributed by atoms with Crippen LogP contribution in [-0.2, 0) is 20.7 Å². The molecule has 1 aliphatic heterocycles. The van der Waals surface area contributed by atoms with E-state index >= 15 is 0 Å². The number of carbonyl (C=O) groups excluding carboxylic acids is 1. The number of fused-ring (bicyclic) bond motifs is 1. The topological polar surface area (TPSA) is 83.6 Å². The summed E-state index contributed by atoms with van der Waals surface area (Å²) in [5, 5.41) is 17.2. The summed E-state index contributed by atoms with van der Waals surface area (Å²) in [6.45, 7) is 0.977. The number of para-hydroxylation sites is 1. The number of thiophene rings is 1. The van der Waals surface area contributed by atoms with Crippen LogP contribution in [0.2, 0.25) is 0 Å². The largest absolute Gasteiger partial charge is 0.459 e. The lowest BCUT2D eigenvalue weighted by Crippen LogP contribution is -2.34. The highest BCUT2D eigenvalue weighted by atomic mass is 32.1. The molecule has 0 spiro atoms. The van der Waals surface area contributed by atoms with Crippen molar-refractivity contribution in [3.63, 3.8) is 0 Å². The maximum atomic E-state index is 12.8. The third-order valence-corrected chi connectivity index (χ3v) is 5.91. The first-order valence-corrected chi connectivity index (χ1v) is 11.1. The number of aliphatic hydroxyl groups excluding tert-OH is 1. The molecular weight excluding hydrogens is 400 g/mol. The number of carbonyl (C=O) groups is 1. The molecule has 2 atom stereocenters. The quantitative estimate of drug-likeness (QED) is 0.456. The Morgan fingerprint density at radius 3 is 3.07 bits per heavy atom. The molecule has 3 aromatic rings. The van der Waals surface area contributed by atoms with Gasteiger partial charge in [-0.15, -0.1) is 0 Å². The maximum absolute atomic E-state index is 12.8. The molecule has 0 bridgehead atoms. The third-order valence-electron chi connectivity index (χ3n) is 5.21. The van der Waals surface area contributed by atoms with Gasteiger partial charge in [-0.25, -0.2) is 0 Å². The lowest BCUT2D eigenvalue weighted by Gasteiger charge is -2.29. The zero-order valence-electron chi connectivity index (χ0n) is 16.7. The Kier molecular flexibility index (Phi) is 6.84. The number of allylic oxidation sites excluding steroid dienone is 1. The second-order valence-electron chi connectivity index (χ2n) is 7.29. The van der Waals surface area contributed by atoms with Crippen molar-refractivity contribution in [2.45, 2.75) is 31.5 Å². The minimum atomic E-state index is -0.499. The fourth-order valence-corrected chi connectivity index (χ4v) is 4.38. The van der Waals surface area contributed by atoms with E-state index in [4.69, 9.17) is 14.6 Å². The van der Waals surface area contributed by atoms with Crippen molar-refractivity contribution in [2.24, 2.45) is 0 Å². The molecule has 2 aromatic heterocycles. The van der Waals surface area contributed by atoms with Gasteiger partial charge in [0.05, 0.1) is 6.61 Å². The van der Waals surface area contributed by atoms with E-state index in [9.17, 15) is 4.79 Å². The number of H-pyrrole nitrogens is 1. The summed E-state index contributed by atoms with van der Waals surface area (Å²) in [7, 11) is 0. The highest BCUT2D eigenvalue weighted by Crippen LogP contribution is 2.32. The molecule has 6 nitrogen and oxygen atoms in total. The second-order valence-corrected chi connectivity index (χ2v) is 8.07. The first-order chi connectivity index (χ1) is 14.7. The molecule has 0 fully saturated rings. The number of aromatic amines is 1. The minimum absolute atomic E-state index is 0.0672. The molecule has 1 aromatic carbocycles. The molecule has 1 aliphatic rings. The van der Waals surface area contributed by atoms with Gasteiger partial charge < -0.3 is 24.9 Å². The van der Waals surface area contributed by atoms with Crippen LogP contribution in [-0.4, -0.2) is 42.0 Å². The summed E-state index contributed by atoms with van der Waals surface area (Å²) in [5.74, 6) is 0.134. The van der Waals surface area contributed by atoms with Gasteiger partial charge in [0.1, 0.15) is 0 Å². The summed E-state index contributed by atoms with van der Waals surface area (Å²) >= 11 is 1.63. The van der Waals surface area contributed by atoms with Crippen LogP contribution < -0.4 is 5.32 Å². The van der Waals surface area contributed by atoms with Crippen molar-refractivity contribution in [1.82, 2.24) is 10.3 Å². The van der Waals surface area contributed by atoms with Crippen molar-refractivity contribution < 1.29 is 19.4 Å². The van der Waals surface area contributed by atoms with E-state index < -0.39 is 6.29 Å². The fraction of sp³-hybridized carbons (Fsp3) is 0.348. The Morgan fingerprint density at radius 2 is 2.23 bits per heavy atom. The van der Waals surface area contributed by atoms with Crippen molar-refractivity contribution in [3.8, 4) is 0 Å². The molecule has 0 radical (unpaired) electrons. The number of hydrogen-bond donors (Lipinski definition) is 3. The summed E-state index contributed by atoms with van der Waals surface area (Å²) in [6.07, 6.45) is 5.29. The van der Waals surface area contributed by atoms with E-state index in [1.54, 1.807) is 11.3 Å². The normalized spacial score (nSPS) is 18.8. The van der Waals surface area contributed by atoms with Crippen LogP contribution in [0.4, 0.5) is 0 Å². The molecular formula is C23H26N2O4S. The molecule has 0 saturated heterocycles. The van der Waals surface area contributed by atoms with Gasteiger partial charge in [-0.2, -0.15) is 11.3 Å². The monoisotopic (exact) mass is 426 g/mol. The standard InChI is InChI=1S/C23H26N2O4S/c26-9-3-10-28-22-13-18(17-7-11-30-15-17)12-21(29-22)23(27)24-8-6-16-14-25-20-5-2-1-4-19(16)20/h1-2,4-5,7,11-12,14-15,18,22,25-26H,3,6,8-10,13H2,(H,24,27)/t18-,22+/m1/s1. The Bertz CT molecular complexity index is 996. The van der Waals surface area contributed by atoms with Crippen molar-refractivity contribution in [2.75, 3.05) is 19.8 Å².